The number of nitrogens with two attached hydrogens (primary N) is 1. The fourth-order valence-electron chi connectivity index (χ4n) is 3.17. The summed E-state index contributed by atoms with van der Waals surface area (Å²) in [5.41, 5.74) is 8.12. The number of benzene rings is 1. The van der Waals surface area contributed by atoms with E-state index in [9.17, 15) is 15.3 Å². The lowest BCUT2D eigenvalue weighted by Gasteiger charge is -2.16. The van der Waals surface area contributed by atoms with Crippen LogP contribution < -0.4 is 11.1 Å². The van der Waals surface area contributed by atoms with Crippen molar-refractivity contribution in [2.24, 2.45) is 0 Å². The number of aliphatic hydroxyl groups excluding tert-OH is 3. The van der Waals surface area contributed by atoms with E-state index in [-0.39, 0.29) is 0 Å². The molecule has 11 heteroatoms. The summed E-state index contributed by atoms with van der Waals surface area (Å²) >= 11 is 5.94. The third-order valence-corrected chi connectivity index (χ3v) is 5.01. The maximum Gasteiger partial charge on any atom is 0.167 e. The van der Waals surface area contributed by atoms with Gasteiger partial charge in [0.05, 0.1) is 23.6 Å². The molecule has 1 aromatic carbocycles. The Hall–Kier alpha value is -2.50. The number of imidazole rings is 1. The lowest BCUT2D eigenvalue weighted by Crippen LogP contribution is -2.33. The fourth-order valence-corrected chi connectivity index (χ4v) is 3.28. The Morgan fingerprint density at radius 2 is 2.04 bits per heavy atom. The molecule has 10 nitrogen and oxygen atoms in total. The van der Waals surface area contributed by atoms with Crippen LogP contribution in [0.3, 0.4) is 0 Å². The molecule has 1 fully saturated rings. The number of aromatic nitrogens is 4. The number of fused-ring (bicyclic) bond motifs is 1. The molecule has 0 spiro atoms. The van der Waals surface area contributed by atoms with Crippen LogP contribution in [-0.2, 0) is 11.3 Å². The Kier molecular flexibility index (Phi) is 5.04. The first-order chi connectivity index (χ1) is 13.5. The summed E-state index contributed by atoms with van der Waals surface area (Å²) in [5.74, 6) is 0.490. The van der Waals surface area contributed by atoms with Crippen LogP contribution in [0.15, 0.2) is 30.9 Å². The SMILES string of the molecule is Nc1cc(CNc2ncnc3c2ncn3[C@@H]2O[C@H](CO)[C@@H](O)[C@H]2O)ccc1Cl. The van der Waals surface area contributed by atoms with Crippen molar-refractivity contribution in [1.29, 1.82) is 0 Å². The van der Waals surface area contributed by atoms with Gasteiger partial charge in [-0.1, -0.05) is 17.7 Å². The van der Waals surface area contributed by atoms with Gasteiger partial charge in [0, 0.05) is 6.54 Å². The molecule has 148 valence electrons. The van der Waals surface area contributed by atoms with Gasteiger partial charge in [0.2, 0.25) is 0 Å². The molecule has 0 aliphatic carbocycles. The van der Waals surface area contributed by atoms with Gasteiger partial charge in [-0.15, -0.1) is 0 Å². The van der Waals surface area contributed by atoms with Crippen molar-refractivity contribution in [2.75, 3.05) is 17.7 Å². The van der Waals surface area contributed by atoms with E-state index in [1.54, 1.807) is 12.1 Å². The van der Waals surface area contributed by atoms with Crippen LogP contribution in [0.25, 0.3) is 11.2 Å². The number of rotatable bonds is 5. The number of nitrogens with one attached hydrogen (secondary N) is 1. The van der Waals surface area contributed by atoms with Crippen molar-refractivity contribution >= 4 is 34.3 Å². The predicted octanol–water partition coefficient (Wildman–Crippen LogP) is 0.286. The molecule has 4 atom stereocenters. The lowest BCUT2D eigenvalue weighted by atomic mass is 10.1. The summed E-state index contributed by atoms with van der Waals surface area (Å²) in [6, 6.07) is 5.34. The lowest BCUT2D eigenvalue weighted by molar-refractivity contribution is -0.0511. The summed E-state index contributed by atoms with van der Waals surface area (Å²) < 4.78 is 7.05. The molecule has 0 unspecified atom stereocenters. The van der Waals surface area contributed by atoms with Crippen LogP contribution in [0.4, 0.5) is 11.5 Å². The Labute approximate surface area is 164 Å². The van der Waals surface area contributed by atoms with E-state index in [4.69, 9.17) is 22.1 Å². The van der Waals surface area contributed by atoms with Gasteiger partial charge in [0.1, 0.15) is 24.6 Å². The third-order valence-electron chi connectivity index (χ3n) is 4.67. The van der Waals surface area contributed by atoms with E-state index in [1.165, 1.54) is 17.2 Å². The Bertz CT molecular complexity index is 999. The van der Waals surface area contributed by atoms with Crippen LogP contribution in [0.2, 0.25) is 5.02 Å². The second kappa shape index (κ2) is 7.49. The van der Waals surface area contributed by atoms with Gasteiger partial charge in [-0.3, -0.25) is 4.57 Å². The molecule has 28 heavy (non-hydrogen) atoms. The van der Waals surface area contributed by atoms with Crippen LogP contribution >= 0.6 is 11.6 Å². The minimum Gasteiger partial charge on any atom is -0.398 e. The molecule has 6 N–H and O–H groups in total. The standard InChI is InChI=1S/C17H19ClN6O4/c18-9-2-1-8(3-10(9)19)4-20-15-12-16(22-6-21-15)24(7-23-12)17-14(27)13(26)11(5-25)28-17/h1-3,6-7,11,13-14,17,25-27H,4-5,19H2,(H,20,21,22)/t11-,13-,14-,17-/m1/s1. The second-order valence-electron chi connectivity index (χ2n) is 6.48. The van der Waals surface area contributed by atoms with E-state index < -0.39 is 31.1 Å². The van der Waals surface area contributed by atoms with E-state index in [0.717, 1.165) is 5.56 Å². The van der Waals surface area contributed by atoms with Gasteiger partial charge in [-0.2, -0.15) is 0 Å². The second-order valence-corrected chi connectivity index (χ2v) is 6.89. The van der Waals surface area contributed by atoms with E-state index in [1.807, 2.05) is 6.07 Å². The summed E-state index contributed by atoms with van der Waals surface area (Å²) in [6.45, 7) is 0.0293. The number of anilines is 2. The number of hydrogen-bond donors (Lipinski definition) is 5. The highest BCUT2D eigenvalue weighted by Crippen LogP contribution is 2.32. The van der Waals surface area contributed by atoms with Crippen molar-refractivity contribution < 1.29 is 20.1 Å². The Balaban J connectivity index is 1.59. The maximum atomic E-state index is 10.2. The summed E-state index contributed by atoms with van der Waals surface area (Å²) in [6.07, 6.45) is -1.42. The number of halogens is 1. The van der Waals surface area contributed by atoms with Gasteiger partial charge in [0.25, 0.3) is 0 Å². The van der Waals surface area contributed by atoms with Crippen LogP contribution in [-0.4, -0.2) is 59.8 Å². The van der Waals surface area contributed by atoms with Gasteiger partial charge >= 0.3 is 0 Å². The van der Waals surface area contributed by atoms with Crippen LogP contribution in [0.5, 0.6) is 0 Å². The largest absolute Gasteiger partial charge is 0.398 e. The Morgan fingerprint density at radius 1 is 1.21 bits per heavy atom. The van der Waals surface area contributed by atoms with Crippen molar-refractivity contribution in [3.8, 4) is 0 Å². The molecule has 1 aliphatic rings. The van der Waals surface area contributed by atoms with Gasteiger partial charge in [-0.25, -0.2) is 15.0 Å². The molecular formula is C17H19ClN6O4. The fraction of sp³-hybridized carbons (Fsp3) is 0.353. The normalized spacial score (nSPS) is 24.7. The molecule has 0 bridgehead atoms. The molecule has 0 amide bonds. The maximum absolute atomic E-state index is 10.2. The van der Waals surface area contributed by atoms with Gasteiger partial charge in [0.15, 0.2) is 23.2 Å². The van der Waals surface area contributed by atoms with E-state index in [0.29, 0.717) is 34.2 Å². The zero-order valence-electron chi connectivity index (χ0n) is 14.6. The van der Waals surface area contributed by atoms with Gasteiger partial charge in [-0.05, 0) is 17.7 Å². The zero-order valence-corrected chi connectivity index (χ0v) is 15.4. The topological polar surface area (TPSA) is 152 Å². The number of ether oxygens (including phenoxy) is 1. The summed E-state index contributed by atoms with van der Waals surface area (Å²) in [5, 5.41) is 33.2. The molecule has 4 rings (SSSR count). The predicted molar refractivity (Wildman–Crippen MR) is 102 cm³/mol. The highest BCUT2D eigenvalue weighted by molar-refractivity contribution is 6.33. The van der Waals surface area contributed by atoms with Crippen LogP contribution in [0, 0.1) is 0 Å². The first-order valence-corrected chi connectivity index (χ1v) is 8.95. The number of nitrogens with zero attached hydrogens (tertiary/aromatic N) is 4. The van der Waals surface area contributed by atoms with Crippen molar-refractivity contribution in [3.05, 3.63) is 41.4 Å². The third kappa shape index (κ3) is 3.25. The first-order valence-electron chi connectivity index (χ1n) is 8.57. The average molecular weight is 407 g/mol. The van der Waals surface area contributed by atoms with E-state index in [2.05, 4.69) is 20.3 Å². The average Bonchev–Trinajstić information content (AvgIpc) is 3.24. The zero-order chi connectivity index (χ0) is 19.8. The minimum absolute atomic E-state index is 0.409. The quantitative estimate of drug-likeness (QED) is 0.376. The van der Waals surface area contributed by atoms with Crippen molar-refractivity contribution in [2.45, 2.75) is 31.1 Å². The molecule has 0 radical (unpaired) electrons. The highest BCUT2D eigenvalue weighted by atomic mass is 35.5. The monoisotopic (exact) mass is 406 g/mol. The molecule has 2 aromatic heterocycles. The molecule has 1 saturated heterocycles. The number of aliphatic hydroxyl groups is 3. The van der Waals surface area contributed by atoms with E-state index >= 15 is 0 Å². The first kappa shape index (κ1) is 18.8. The molecular weight excluding hydrogens is 388 g/mol. The summed E-state index contributed by atoms with van der Waals surface area (Å²) in [4.78, 5) is 12.7. The number of hydrogen-bond acceptors (Lipinski definition) is 9. The van der Waals surface area contributed by atoms with Gasteiger partial charge < -0.3 is 31.1 Å². The molecule has 3 aromatic rings. The summed E-state index contributed by atoms with van der Waals surface area (Å²) in [7, 11) is 0. The Morgan fingerprint density at radius 3 is 2.75 bits per heavy atom. The molecule has 3 heterocycles. The molecule has 0 saturated carbocycles. The van der Waals surface area contributed by atoms with Crippen LogP contribution in [0.1, 0.15) is 11.8 Å². The highest BCUT2D eigenvalue weighted by Gasteiger charge is 2.44. The van der Waals surface area contributed by atoms with Crippen molar-refractivity contribution in [1.82, 2.24) is 19.5 Å². The molecule has 1 aliphatic heterocycles. The van der Waals surface area contributed by atoms with Crippen molar-refractivity contribution in [3.63, 3.8) is 0 Å². The number of nitrogen functional groups attached to an aromatic ring is 1. The minimum atomic E-state index is -1.22. The smallest absolute Gasteiger partial charge is 0.167 e.